The van der Waals surface area contributed by atoms with E-state index in [9.17, 15) is 0 Å². The summed E-state index contributed by atoms with van der Waals surface area (Å²) >= 11 is 6.17. The molecule has 3 rings (SSSR count). The lowest BCUT2D eigenvalue weighted by atomic mass is 10.00. The Morgan fingerprint density at radius 1 is 1.29 bits per heavy atom. The lowest BCUT2D eigenvalue weighted by Gasteiger charge is -2.28. The van der Waals surface area contributed by atoms with Gasteiger partial charge in [-0.2, -0.15) is 5.10 Å². The highest BCUT2D eigenvalue weighted by molar-refractivity contribution is 6.30. The number of aromatic nitrogens is 2. The minimum Gasteiger partial charge on any atom is -0.366 e. The van der Waals surface area contributed by atoms with Crippen LogP contribution < -0.4 is 0 Å². The van der Waals surface area contributed by atoms with Crippen LogP contribution in [0.1, 0.15) is 36.5 Å². The highest BCUT2D eigenvalue weighted by Gasteiger charge is 2.25. The molecular weight excluding hydrogens is 284 g/mol. The minimum absolute atomic E-state index is 0.0466. The number of nitrogens with zero attached hydrogens (tertiary/aromatic N) is 2. The third kappa shape index (κ3) is 3.55. The van der Waals surface area contributed by atoms with Gasteiger partial charge in [-0.25, -0.2) is 0 Å². The molecule has 21 heavy (non-hydrogen) atoms. The summed E-state index contributed by atoms with van der Waals surface area (Å²) in [6, 6.07) is 10.3. The highest BCUT2D eigenvalue weighted by atomic mass is 35.5. The van der Waals surface area contributed by atoms with Gasteiger partial charge in [-0.1, -0.05) is 54.1 Å². The molecule has 4 heteroatoms. The van der Waals surface area contributed by atoms with Gasteiger partial charge in [0.05, 0.1) is 12.2 Å². The number of hydrogen-bond acceptors (Lipinski definition) is 2. The van der Waals surface area contributed by atoms with Crippen LogP contribution >= 0.6 is 11.6 Å². The molecule has 110 valence electrons. The largest absolute Gasteiger partial charge is 0.366 e. The predicted octanol–water partition coefficient (Wildman–Crippen LogP) is 4.40. The van der Waals surface area contributed by atoms with Crippen LogP contribution in [0.3, 0.4) is 0 Å². The highest BCUT2D eigenvalue weighted by Crippen LogP contribution is 2.34. The van der Waals surface area contributed by atoms with Crippen molar-refractivity contribution in [3.8, 4) is 0 Å². The Morgan fingerprint density at radius 2 is 2.10 bits per heavy atom. The molecule has 3 nitrogen and oxygen atoms in total. The van der Waals surface area contributed by atoms with Crippen molar-refractivity contribution in [2.45, 2.75) is 31.5 Å². The number of aryl methyl sites for hydroxylation is 1. The van der Waals surface area contributed by atoms with Crippen LogP contribution in [-0.2, 0) is 11.8 Å². The molecule has 1 aromatic heterocycles. The summed E-state index contributed by atoms with van der Waals surface area (Å²) < 4.78 is 7.90. The molecule has 1 aliphatic heterocycles. The van der Waals surface area contributed by atoms with Crippen LogP contribution in [0.4, 0.5) is 0 Å². The quantitative estimate of drug-likeness (QED) is 0.840. The van der Waals surface area contributed by atoms with E-state index < -0.39 is 0 Å². The second kappa shape index (κ2) is 6.46. The van der Waals surface area contributed by atoms with Crippen molar-refractivity contribution in [1.82, 2.24) is 9.78 Å². The summed E-state index contributed by atoms with van der Waals surface area (Å²) in [7, 11) is 1.88. The van der Waals surface area contributed by atoms with Crippen LogP contribution in [0, 0.1) is 0 Å². The van der Waals surface area contributed by atoms with Crippen LogP contribution in [-0.4, -0.2) is 15.9 Å². The molecule has 1 fully saturated rings. The van der Waals surface area contributed by atoms with E-state index in [1.165, 1.54) is 5.56 Å². The summed E-state index contributed by atoms with van der Waals surface area (Å²) in [5, 5.41) is 4.74. The van der Waals surface area contributed by atoms with E-state index in [0.717, 1.165) is 24.8 Å². The Labute approximate surface area is 130 Å². The molecule has 0 spiro atoms. The zero-order valence-corrected chi connectivity index (χ0v) is 12.8. The van der Waals surface area contributed by atoms with Crippen molar-refractivity contribution in [3.63, 3.8) is 0 Å². The lowest BCUT2D eigenvalue weighted by molar-refractivity contribution is -0.0262. The fourth-order valence-corrected chi connectivity index (χ4v) is 2.99. The Bertz CT molecular complexity index is 621. The molecule has 0 aliphatic carbocycles. The number of rotatable bonds is 3. The van der Waals surface area contributed by atoms with E-state index >= 15 is 0 Å². The second-order valence-electron chi connectivity index (χ2n) is 5.41. The summed E-state index contributed by atoms with van der Waals surface area (Å²) in [6.45, 7) is 0. The molecule has 2 heterocycles. The van der Waals surface area contributed by atoms with Crippen LogP contribution in [0.15, 0.2) is 42.6 Å². The van der Waals surface area contributed by atoms with Gasteiger partial charge in [-0.15, -0.1) is 0 Å². The number of halogens is 1. The van der Waals surface area contributed by atoms with Crippen LogP contribution in [0.5, 0.6) is 0 Å². The zero-order chi connectivity index (χ0) is 14.7. The number of hydrogen-bond donors (Lipinski definition) is 0. The fraction of sp³-hybridized carbons (Fsp3) is 0.353. The maximum atomic E-state index is 6.17. The second-order valence-corrected chi connectivity index (χ2v) is 5.77. The zero-order valence-electron chi connectivity index (χ0n) is 12.1. The summed E-state index contributed by atoms with van der Waals surface area (Å²) in [6.07, 6.45) is 9.60. The van der Waals surface area contributed by atoms with Crippen LogP contribution in [0.25, 0.3) is 6.08 Å². The van der Waals surface area contributed by atoms with Gasteiger partial charge in [0.25, 0.3) is 0 Å². The average Bonchev–Trinajstić information content (AvgIpc) is 2.85. The molecule has 0 saturated carbocycles. The number of benzene rings is 1. The number of ether oxygens (including phenoxy) is 1. The molecule has 0 unspecified atom stereocenters. The van der Waals surface area contributed by atoms with Gasteiger partial charge in [-0.05, 0) is 24.8 Å². The topological polar surface area (TPSA) is 27.1 Å². The van der Waals surface area contributed by atoms with Crippen molar-refractivity contribution in [2.24, 2.45) is 7.05 Å². The summed E-state index contributed by atoms with van der Waals surface area (Å²) in [5.74, 6) is 0. The van der Waals surface area contributed by atoms with E-state index in [-0.39, 0.29) is 12.2 Å². The molecule has 2 aromatic rings. The molecular formula is C17H19ClN2O. The smallest absolute Gasteiger partial charge is 0.156 e. The molecule has 0 bridgehead atoms. The summed E-state index contributed by atoms with van der Waals surface area (Å²) in [5.41, 5.74) is 2.19. The SMILES string of the molecule is Cn1cc([C@@H]2CCC[C@H](/C=C/c3ccccc3)O2)c(Cl)n1. The maximum absolute atomic E-state index is 6.17. The summed E-state index contributed by atoms with van der Waals surface area (Å²) in [4.78, 5) is 0. The fourth-order valence-electron chi connectivity index (χ4n) is 2.70. The third-order valence-electron chi connectivity index (χ3n) is 3.75. The molecule has 0 radical (unpaired) electrons. The van der Waals surface area contributed by atoms with Gasteiger partial charge < -0.3 is 4.74 Å². The van der Waals surface area contributed by atoms with Gasteiger partial charge in [0, 0.05) is 18.8 Å². The van der Waals surface area contributed by atoms with E-state index in [1.807, 2.05) is 31.4 Å². The van der Waals surface area contributed by atoms with E-state index in [0.29, 0.717) is 5.15 Å². The van der Waals surface area contributed by atoms with Crippen molar-refractivity contribution < 1.29 is 4.74 Å². The molecule has 0 amide bonds. The van der Waals surface area contributed by atoms with E-state index in [2.05, 4.69) is 29.4 Å². The van der Waals surface area contributed by atoms with Crippen LogP contribution in [0.2, 0.25) is 5.15 Å². The van der Waals surface area contributed by atoms with Gasteiger partial charge in [0.2, 0.25) is 0 Å². The van der Waals surface area contributed by atoms with Crippen molar-refractivity contribution in [3.05, 3.63) is 58.9 Å². The van der Waals surface area contributed by atoms with Gasteiger partial charge in [-0.3, -0.25) is 4.68 Å². The van der Waals surface area contributed by atoms with Gasteiger partial charge in [0.15, 0.2) is 5.15 Å². The van der Waals surface area contributed by atoms with Gasteiger partial charge in [0.1, 0.15) is 0 Å². The first kappa shape index (κ1) is 14.4. The van der Waals surface area contributed by atoms with Gasteiger partial charge >= 0.3 is 0 Å². The maximum Gasteiger partial charge on any atom is 0.156 e. The minimum atomic E-state index is 0.0466. The molecule has 1 aromatic carbocycles. The van der Waals surface area contributed by atoms with E-state index in [1.54, 1.807) is 4.68 Å². The predicted molar refractivity (Wildman–Crippen MR) is 85.2 cm³/mol. The average molecular weight is 303 g/mol. The monoisotopic (exact) mass is 302 g/mol. The Morgan fingerprint density at radius 3 is 2.81 bits per heavy atom. The normalized spacial score (nSPS) is 22.8. The van der Waals surface area contributed by atoms with Crippen molar-refractivity contribution in [1.29, 1.82) is 0 Å². The molecule has 0 N–H and O–H groups in total. The Balaban J connectivity index is 1.69. The first-order valence-electron chi connectivity index (χ1n) is 7.30. The standard InChI is InChI=1S/C17H19ClN2O/c1-20-12-15(17(18)19-20)16-9-5-8-14(21-16)11-10-13-6-3-2-4-7-13/h2-4,6-7,10-12,14,16H,5,8-9H2,1H3/b11-10+/t14-,16+/m1/s1. The molecule has 1 saturated heterocycles. The van der Waals surface area contributed by atoms with Crippen molar-refractivity contribution >= 4 is 17.7 Å². The third-order valence-corrected chi connectivity index (χ3v) is 4.05. The Hall–Kier alpha value is -1.58. The van der Waals surface area contributed by atoms with E-state index in [4.69, 9.17) is 16.3 Å². The first-order valence-corrected chi connectivity index (χ1v) is 7.68. The first-order chi connectivity index (χ1) is 10.2. The molecule has 1 aliphatic rings. The Kier molecular flexibility index (Phi) is 4.42. The van der Waals surface area contributed by atoms with Crippen molar-refractivity contribution in [2.75, 3.05) is 0 Å². The molecule has 2 atom stereocenters. The lowest BCUT2D eigenvalue weighted by Crippen LogP contribution is -2.20.